The zero-order valence-corrected chi connectivity index (χ0v) is 10.7. The van der Waals surface area contributed by atoms with Gasteiger partial charge in [0.15, 0.2) is 0 Å². The molecule has 2 unspecified atom stereocenters. The molecule has 0 aromatic heterocycles. The molecule has 1 heterocycles. The van der Waals surface area contributed by atoms with E-state index in [1.54, 1.807) is 14.0 Å². The van der Waals surface area contributed by atoms with E-state index in [0.29, 0.717) is 19.8 Å². The highest BCUT2D eigenvalue weighted by molar-refractivity contribution is 5.75. The van der Waals surface area contributed by atoms with E-state index in [2.05, 4.69) is 5.32 Å². The Balaban J connectivity index is 2.16. The van der Waals surface area contributed by atoms with Crippen LogP contribution in [0.2, 0.25) is 0 Å². The number of esters is 1. The minimum absolute atomic E-state index is 0.184. The highest BCUT2D eigenvalue weighted by Gasteiger charge is 2.19. The van der Waals surface area contributed by atoms with Crippen LogP contribution in [-0.4, -0.2) is 51.6 Å². The van der Waals surface area contributed by atoms with Crippen molar-refractivity contribution < 1.29 is 19.0 Å². The maximum atomic E-state index is 11.5. The average molecular weight is 245 g/mol. The van der Waals surface area contributed by atoms with Gasteiger partial charge in [-0.1, -0.05) is 0 Å². The van der Waals surface area contributed by atoms with Gasteiger partial charge in [0, 0.05) is 6.61 Å². The van der Waals surface area contributed by atoms with E-state index in [9.17, 15) is 4.79 Å². The van der Waals surface area contributed by atoms with Crippen molar-refractivity contribution in [3.8, 4) is 0 Å². The Kier molecular flexibility index (Phi) is 7.16. The van der Waals surface area contributed by atoms with Gasteiger partial charge in [-0.3, -0.25) is 4.79 Å². The summed E-state index contributed by atoms with van der Waals surface area (Å²) >= 11 is 0. The van der Waals surface area contributed by atoms with Gasteiger partial charge >= 0.3 is 5.97 Å². The van der Waals surface area contributed by atoms with Gasteiger partial charge in [-0.25, -0.2) is 0 Å². The molecule has 5 heteroatoms. The Morgan fingerprint density at radius 3 is 2.94 bits per heavy atom. The molecule has 0 bridgehead atoms. The maximum Gasteiger partial charge on any atom is 0.325 e. The highest BCUT2D eigenvalue weighted by Crippen LogP contribution is 2.12. The van der Waals surface area contributed by atoms with E-state index >= 15 is 0 Å². The van der Waals surface area contributed by atoms with Crippen molar-refractivity contribution >= 4 is 5.97 Å². The van der Waals surface area contributed by atoms with Crippen LogP contribution in [0.4, 0.5) is 0 Å². The van der Waals surface area contributed by atoms with E-state index in [4.69, 9.17) is 14.2 Å². The number of carbonyl (C=O) groups is 1. The molecule has 0 amide bonds. The number of rotatable bonds is 7. The zero-order valence-electron chi connectivity index (χ0n) is 10.7. The molecule has 1 fully saturated rings. The normalized spacial score (nSPS) is 22.1. The lowest BCUT2D eigenvalue weighted by Crippen LogP contribution is -2.40. The van der Waals surface area contributed by atoms with E-state index in [0.717, 1.165) is 19.4 Å². The molecule has 100 valence electrons. The van der Waals surface area contributed by atoms with Crippen molar-refractivity contribution in [1.82, 2.24) is 5.32 Å². The van der Waals surface area contributed by atoms with Crippen LogP contribution in [-0.2, 0) is 19.0 Å². The van der Waals surface area contributed by atoms with Crippen molar-refractivity contribution in [3.05, 3.63) is 0 Å². The molecular formula is C12H23NO4. The number of ether oxygens (including phenoxy) is 3. The number of hydrogen-bond donors (Lipinski definition) is 1. The van der Waals surface area contributed by atoms with Crippen LogP contribution < -0.4 is 5.32 Å². The third-order valence-corrected chi connectivity index (χ3v) is 2.78. The molecule has 5 nitrogen and oxygen atoms in total. The van der Waals surface area contributed by atoms with Gasteiger partial charge in [-0.15, -0.1) is 0 Å². The van der Waals surface area contributed by atoms with Crippen LogP contribution in [0.1, 0.15) is 26.2 Å². The Hall–Kier alpha value is -0.650. The lowest BCUT2D eigenvalue weighted by molar-refractivity contribution is -0.147. The fourth-order valence-corrected chi connectivity index (χ4v) is 1.77. The summed E-state index contributed by atoms with van der Waals surface area (Å²) in [7, 11) is 1.72. The Morgan fingerprint density at radius 2 is 2.35 bits per heavy atom. The second-order valence-corrected chi connectivity index (χ2v) is 4.12. The summed E-state index contributed by atoms with van der Waals surface area (Å²) in [5.74, 6) is -0.264. The largest absolute Gasteiger partial charge is 0.465 e. The standard InChI is InChI=1S/C12H23NO4/c1-3-16-12(14)11(13-2)9-15-8-10-6-4-5-7-17-10/h10-11,13H,3-9H2,1-2H3. The number of likely N-dealkylation sites (N-methyl/N-ethyl adjacent to an activating group) is 1. The lowest BCUT2D eigenvalue weighted by Gasteiger charge is -2.23. The molecule has 0 saturated carbocycles. The first-order chi connectivity index (χ1) is 8.27. The summed E-state index contributed by atoms with van der Waals surface area (Å²) in [6, 6.07) is -0.390. The molecular weight excluding hydrogens is 222 g/mol. The minimum Gasteiger partial charge on any atom is -0.465 e. The Bertz CT molecular complexity index is 217. The summed E-state index contributed by atoms with van der Waals surface area (Å²) in [5, 5.41) is 2.88. The number of hydrogen-bond acceptors (Lipinski definition) is 5. The molecule has 0 radical (unpaired) electrons. The second-order valence-electron chi connectivity index (χ2n) is 4.12. The third-order valence-electron chi connectivity index (χ3n) is 2.78. The third kappa shape index (κ3) is 5.48. The highest BCUT2D eigenvalue weighted by atomic mass is 16.5. The fraction of sp³-hybridized carbons (Fsp3) is 0.917. The van der Waals surface area contributed by atoms with Crippen LogP contribution in [0, 0.1) is 0 Å². The van der Waals surface area contributed by atoms with E-state index in [1.807, 2.05) is 0 Å². The van der Waals surface area contributed by atoms with Gasteiger partial charge < -0.3 is 19.5 Å². The van der Waals surface area contributed by atoms with Crippen LogP contribution in [0.25, 0.3) is 0 Å². The van der Waals surface area contributed by atoms with Crippen LogP contribution in [0.15, 0.2) is 0 Å². The molecule has 1 aliphatic heterocycles. The molecule has 17 heavy (non-hydrogen) atoms. The van der Waals surface area contributed by atoms with Gasteiger partial charge in [0.05, 0.1) is 25.9 Å². The summed E-state index contributed by atoms with van der Waals surface area (Å²) < 4.78 is 16.0. The topological polar surface area (TPSA) is 56.8 Å². The molecule has 0 spiro atoms. The Labute approximate surface area is 103 Å². The minimum atomic E-state index is -0.390. The molecule has 0 aromatic rings. The van der Waals surface area contributed by atoms with Crippen molar-refractivity contribution in [2.75, 3.05) is 33.5 Å². The first-order valence-corrected chi connectivity index (χ1v) is 6.31. The first kappa shape index (κ1) is 14.4. The summed E-state index contributed by atoms with van der Waals surface area (Å²) in [5.41, 5.74) is 0. The summed E-state index contributed by atoms with van der Waals surface area (Å²) in [4.78, 5) is 11.5. The van der Waals surface area contributed by atoms with Gasteiger partial charge in [0.25, 0.3) is 0 Å². The fourth-order valence-electron chi connectivity index (χ4n) is 1.77. The van der Waals surface area contributed by atoms with Gasteiger partial charge in [0.2, 0.25) is 0 Å². The quantitative estimate of drug-likeness (QED) is 0.670. The smallest absolute Gasteiger partial charge is 0.325 e. The number of nitrogens with one attached hydrogen (secondary N) is 1. The zero-order chi connectivity index (χ0) is 12.5. The van der Waals surface area contributed by atoms with Crippen molar-refractivity contribution in [2.45, 2.75) is 38.3 Å². The molecule has 0 aliphatic carbocycles. The van der Waals surface area contributed by atoms with Crippen molar-refractivity contribution in [2.24, 2.45) is 0 Å². The second kappa shape index (κ2) is 8.44. The van der Waals surface area contributed by atoms with Crippen LogP contribution >= 0.6 is 0 Å². The van der Waals surface area contributed by atoms with E-state index < -0.39 is 6.04 Å². The van der Waals surface area contributed by atoms with Crippen molar-refractivity contribution in [3.63, 3.8) is 0 Å². The monoisotopic (exact) mass is 245 g/mol. The predicted octanol–water partition coefficient (Wildman–Crippen LogP) is 0.723. The molecule has 0 aromatic carbocycles. The van der Waals surface area contributed by atoms with Crippen molar-refractivity contribution in [1.29, 1.82) is 0 Å². The average Bonchev–Trinajstić information content (AvgIpc) is 2.36. The molecule has 2 atom stereocenters. The molecule has 1 aliphatic rings. The van der Waals surface area contributed by atoms with Gasteiger partial charge in [0.1, 0.15) is 6.04 Å². The predicted molar refractivity (Wildman–Crippen MR) is 63.9 cm³/mol. The Morgan fingerprint density at radius 1 is 1.53 bits per heavy atom. The van der Waals surface area contributed by atoms with Gasteiger partial charge in [-0.05, 0) is 33.2 Å². The van der Waals surface area contributed by atoms with Crippen LogP contribution in [0.5, 0.6) is 0 Å². The molecule has 1 saturated heterocycles. The summed E-state index contributed by atoms with van der Waals surface area (Å²) in [6.07, 6.45) is 3.56. The number of carbonyl (C=O) groups excluding carboxylic acids is 1. The lowest BCUT2D eigenvalue weighted by atomic mass is 10.1. The first-order valence-electron chi connectivity index (χ1n) is 6.31. The van der Waals surface area contributed by atoms with Crippen LogP contribution in [0.3, 0.4) is 0 Å². The van der Waals surface area contributed by atoms with E-state index in [1.165, 1.54) is 6.42 Å². The molecule has 1 N–H and O–H groups in total. The van der Waals surface area contributed by atoms with E-state index in [-0.39, 0.29) is 12.1 Å². The maximum absolute atomic E-state index is 11.5. The SMILES string of the molecule is CCOC(=O)C(COCC1CCCCO1)NC. The van der Waals surface area contributed by atoms with Gasteiger partial charge in [-0.2, -0.15) is 0 Å². The summed E-state index contributed by atoms with van der Waals surface area (Å²) in [6.45, 7) is 3.89. The molecule has 1 rings (SSSR count).